The van der Waals surface area contributed by atoms with Crippen LogP contribution in [0.2, 0.25) is 0 Å². The Hall–Kier alpha value is -2.53. The molecule has 2 aliphatic rings. The lowest BCUT2D eigenvalue weighted by atomic mass is 9.70. The fourth-order valence-corrected chi connectivity index (χ4v) is 5.78. The second kappa shape index (κ2) is 6.99. The zero-order valence-corrected chi connectivity index (χ0v) is 19.3. The average Bonchev–Trinajstić information content (AvgIpc) is 3.34. The van der Waals surface area contributed by atoms with Gasteiger partial charge in [0.2, 0.25) is 0 Å². The molecule has 2 aliphatic carbocycles. The van der Waals surface area contributed by atoms with E-state index >= 15 is 0 Å². The fourth-order valence-electron chi connectivity index (χ4n) is 5.78. The van der Waals surface area contributed by atoms with Crippen molar-refractivity contribution in [3.05, 3.63) is 65.2 Å². The number of aromatic nitrogens is 4. The van der Waals surface area contributed by atoms with Gasteiger partial charge in [0, 0.05) is 41.4 Å². The minimum Gasteiger partial charge on any atom is -0.310 e. The molecular formula is C26H33N5. The van der Waals surface area contributed by atoms with Gasteiger partial charge in [-0.2, -0.15) is 5.10 Å². The van der Waals surface area contributed by atoms with Crippen LogP contribution in [0.15, 0.2) is 42.6 Å². The molecule has 5 rings (SSSR count). The number of rotatable bonds is 6. The van der Waals surface area contributed by atoms with Gasteiger partial charge in [-0.05, 0) is 48.4 Å². The average molecular weight is 416 g/mol. The maximum atomic E-state index is 5.12. The van der Waals surface area contributed by atoms with E-state index in [1.54, 1.807) is 0 Å². The predicted octanol–water partition coefficient (Wildman–Crippen LogP) is 5.11. The molecule has 0 spiro atoms. The van der Waals surface area contributed by atoms with E-state index in [9.17, 15) is 0 Å². The Bertz CT molecular complexity index is 1100. The Morgan fingerprint density at radius 2 is 1.97 bits per heavy atom. The van der Waals surface area contributed by atoms with E-state index in [1.165, 1.54) is 24.1 Å². The molecule has 0 aliphatic heterocycles. The Kier molecular flexibility index (Phi) is 4.60. The molecule has 162 valence electrons. The van der Waals surface area contributed by atoms with Crippen LogP contribution in [0.3, 0.4) is 0 Å². The van der Waals surface area contributed by atoms with Crippen molar-refractivity contribution in [1.29, 1.82) is 0 Å². The van der Waals surface area contributed by atoms with E-state index in [0.717, 1.165) is 35.9 Å². The highest BCUT2D eigenvalue weighted by Crippen LogP contribution is 2.68. The molecule has 1 saturated carbocycles. The van der Waals surface area contributed by atoms with Crippen molar-refractivity contribution in [3.8, 4) is 11.4 Å². The van der Waals surface area contributed by atoms with Crippen LogP contribution in [0.4, 0.5) is 0 Å². The molecule has 0 amide bonds. The predicted molar refractivity (Wildman–Crippen MR) is 124 cm³/mol. The van der Waals surface area contributed by atoms with Crippen molar-refractivity contribution in [1.82, 2.24) is 25.5 Å². The summed E-state index contributed by atoms with van der Waals surface area (Å²) >= 11 is 0. The number of fused-ring (bicyclic) bond motifs is 5. The highest BCUT2D eigenvalue weighted by Gasteiger charge is 2.61. The lowest BCUT2D eigenvalue weighted by molar-refractivity contribution is 0.225. The van der Waals surface area contributed by atoms with E-state index in [-0.39, 0.29) is 16.2 Å². The Balaban J connectivity index is 1.40. The Morgan fingerprint density at radius 3 is 2.74 bits per heavy atom. The third kappa shape index (κ3) is 3.05. The van der Waals surface area contributed by atoms with Gasteiger partial charge in [-0.25, -0.2) is 0 Å². The molecule has 3 heterocycles. The third-order valence-corrected chi connectivity index (χ3v) is 8.20. The van der Waals surface area contributed by atoms with E-state index in [2.05, 4.69) is 68.2 Å². The first-order valence-electron chi connectivity index (χ1n) is 11.4. The number of hydrogen-bond donors (Lipinski definition) is 2. The zero-order valence-electron chi connectivity index (χ0n) is 19.3. The summed E-state index contributed by atoms with van der Waals surface area (Å²) in [6.07, 6.45) is 4.31. The number of H-pyrrole nitrogens is 1. The van der Waals surface area contributed by atoms with Crippen LogP contribution < -0.4 is 5.32 Å². The first-order chi connectivity index (χ1) is 14.7. The summed E-state index contributed by atoms with van der Waals surface area (Å²) in [5.74, 6) is 0.555. The first-order valence-corrected chi connectivity index (χ1v) is 11.4. The van der Waals surface area contributed by atoms with Crippen LogP contribution in [-0.2, 0) is 17.4 Å². The standard InChI is InChI=1S/C26H33N5/c1-24(2,16-27-15-17-9-6-7-14-28-17)20-11-8-10-19(29-20)22-21-18-12-13-26(5,25(18,3)4)23(21)31-30-22/h6-11,14,18,27H,12-13,15-16H2,1-5H3,(H,30,31). The molecule has 2 N–H and O–H groups in total. The SMILES string of the molecule is CC(C)(CNCc1ccccn1)c1cccc(-c2[nH]nc3c2C2CCC3(C)C2(C)C)n1. The van der Waals surface area contributed by atoms with E-state index in [0.29, 0.717) is 5.92 Å². The number of aromatic amines is 1. The van der Waals surface area contributed by atoms with E-state index < -0.39 is 0 Å². The minimum absolute atomic E-state index is 0.0990. The summed E-state index contributed by atoms with van der Waals surface area (Å²) in [4.78, 5) is 9.52. The van der Waals surface area contributed by atoms with Gasteiger partial charge >= 0.3 is 0 Å². The Morgan fingerprint density at radius 1 is 1.13 bits per heavy atom. The second-order valence-corrected chi connectivity index (χ2v) is 10.7. The maximum absolute atomic E-state index is 5.12. The van der Waals surface area contributed by atoms with Crippen LogP contribution in [-0.4, -0.2) is 26.7 Å². The summed E-state index contributed by atoms with van der Waals surface area (Å²) in [6.45, 7) is 13.3. The first kappa shape index (κ1) is 20.4. The molecule has 3 aromatic heterocycles. The summed E-state index contributed by atoms with van der Waals surface area (Å²) in [6, 6.07) is 12.4. The lowest BCUT2D eigenvalue weighted by Gasteiger charge is -2.34. The van der Waals surface area contributed by atoms with Gasteiger partial charge in [-0.15, -0.1) is 0 Å². The van der Waals surface area contributed by atoms with Gasteiger partial charge < -0.3 is 5.32 Å². The summed E-state index contributed by atoms with van der Waals surface area (Å²) in [5.41, 5.74) is 7.27. The van der Waals surface area contributed by atoms with Crippen LogP contribution in [0, 0.1) is 5.41 Å². The maximum Gasteiger partial charge on any atom is 0.0886 e. The highest BCUT2D eigenvalue weighted by atomic mass is 15.2. The molecule has 2 bridgehead atoms. The summed E-state index contributed by atoms with van der Waals surface area (Å²) < 4.78 is 0. The molecule has 2 unspecified atom stereocenters. The molecule has 2 atom stereocenters. The Labute approximate surface area is 185 Å². The highest BCUT2D eigenvalue weighted by molar-refractivity contribution is 5.66. The van der Waals surface area contributed by atoms with Crippen LogP contribution >= 0.6 is 0 Å². The molecule has 0 radical (unpaired) electrons. The molecule has 3 aromatic rings. The second-order valence-electron chi connectivity index (χ2n) is 10.7. The van der Waals surface area contributed by atoms with Crippen molar-refractivity contribution < 1.29 is 0 Å². The molecule has 5 heteroatoms. The van der Waals surface area contributed by atoms with Crippen molar-refractivity contribution in [2.45, 2.75) is 70.8 Å². The summed E-state index contributed by atoms with van der Waals surface area (Å²) in [7, 11) is 0. The van der Waals surface area contributed by atoms with E-state index in [4.69, 9.17) is 10.1 Å². The fraction of sp³-hybridized carbons (Fsp3) is 0.500. The largest absolute Gasteiger partial charge is 0.310 e. The normalized spacial score (nSPS) is 23.8. The van der Waals surface area contributed by atoms with Crippen LogP contribution in [0.1, 0.15) is 76.0 Å². The van der Waals surface area contributed by atoms with Gasteiger partial charge in [0.15, 0.2) is 0 Å². The molecule has 1 fully saturated rings. The summed E-state index contributed by atoms with van der Waals surface area (Å²) in [5, 5.41) is 11.7. The molecule has 0 aromatic carbocycles. The van der Waals surface area contributed by atoms with Crippen molar-refractivity contribution in [2.24, 2.45) is 5.41 Å². The lowest BCUT2D eigenvalue weighted by Crippen LogP contribution is -2.33. The molecule has 0 saturated heterocycles. The topological polar surface area (TPSA) is 66.5 Å². The van der Waals surface area contributed by atoms with Gasteiger partial charge in [0.1, 0.15) is 0 Å². The van der Waals surface area contributed by atoms with Crippen molar-refractivity contribution in [2.75, 3.05) is 6.54 Å². The number of pyridine rings is 2. The molecule has 5 nitrogen and oxygen atoms in total. The zero-order chi connectivity index (χ0) is 21.9. The van der Waals surface area contributed by atoms with Crippen molar-refractivity contribution in [3.63, 3.8) is 0 Å². The van der Waals surface area contributed by atoms with Gasteiger partial charge in [0.25, 0.3) is 0 Å². The number of hydrogen-bond acceptors (Lipinski definition) is 4. The monoisotopic (exact) mass is 415 g/mol. The van der Waals surface area contributed by atoms with Crippen LogP contribution in [0.25, 0.3) is 11.4 Å². The van der Waals surface area contributed by atoms with Crippen LogP contribution in [0.5, 0.6) is 0 Å². The minimum atomic E-state index is -0.0990. The van der Waals surface area contributed by atoms with E-state index in [1.807, 2.05) is 24.4 Å². The van der Waals surface area contributed by atoms with Gasteiger partial charge in [0.05, 0.1) is 22.8 Å². The van der Waals surface area contributed by atoms with Gasteiger partial charge in [-0.1, -0.05) is 46.8 Å². The number of nitrogens with one attached hydrogen (secondary N) is 2. The molecular weight excluding hydrogens is 382 g/mol. The quantitative estimate of drug-likeness (QED) is 0.587. The number of nitrogens with zero attached hydrogens (tertiary/aromatic N) is 3. The van der Waals surface area contributed by atoms with Crippen molar-refractivity contribution >= 4 is 0 Å². The third-order valence-electron chi connectivity index (χ3n) is 8.20. The molecule has 31 heavy (non-hydrogen) atoms. The smallest absolute Gasteiger partial charge is 0.0886 e. The van der Waals surface area contributed by atoms with Gasteiger partial charge in [-0.3, -0.25) is 15.1 Å².